The predicted molar refractivity (Wildman–Crippen MR) is 77.0 cm³/mol. The molecule has 0 aliphatic carbocycles. The van der Waals surface area contributed by atoms with Crippen molar-refractivity contribution in [1.29, 1.82) is 0 Å². The van der Waals surface area contributed by atoms with Gasteiger partial charge in [0.05, 0.1) is 11.9 Å². The topological polar surface area (TPSA) is 76.2 Å². The van der Waals surface area contributed by atoms with Crippen LogP contribution < -0.4 is 11.1 Å². The van der Waals surface area contributed by atoms with E-state index in [0.717, 1.165) is 19.6 Å². The number of anilines is 1. The molecule has 0 bridgehead atoms. The van der Waals surface area contributed by atoms with Crippen molar-refractivity contribution in [2.75, 3.05) is 25.4 Å². The molecule has 19 heavy (non-hydrogen) atoms. The lowest BCUT2D eigenvalue weighted by atomic mass is 10.2. The molecule has 3 N–H and O–H groups in total. The Morgan fingerprint density at radius 2 is 2.11 bits per heavy atom. The third-order valence-electron chi connectivity index (χ3n) is 3.19. The zero-order chi connectivity index (χ0) is 14.4. The molecule has 1 aromatic rings. The van der Waals surface area contributed by atoms with Crippen molar-refractivity contribution < 1.29 is 4.79 Å². The van der Waals surface area contributed by atoms with Gasteiger partial charge in [-0.25, -0.2) is 0 Å². The quantitative estimate of drug-likeness (QED) is 0.771. The van der Waals surface area contributed by atoms with E-state index in [4.69, 9.17) is 5.73 Å². The summed E-state index contributed by atoms with van der Waals surface area (Å²) in [5.74, 6) is -0.156. The van der Waals surface area contributed by atoms with Crippen LogP contribution in [0.1, 0.15) is 38.2 Å². The number of aromatic nitrogens is 2. The number of carbonyl (C=O) groups is 1. The lowest BCUT2D eigenvalue weighted by Crippen LogP contribution is -2.42. The second-order valence-electron chi connectivity index (χ2n) is 4.62. The van der Waals surface area contributed by atoms with Gasteiger partial charge in [-0.2, -0.15) is 5.10 Å². The van der Waals surface area contributed by atoms with Crippen LogP contribution in [0.15, 0.2) is 6.20 Å². The Morgan fingerprint density at radius 3 is 2.63 bits per heavy atom. The fourth-order valence-electron chi connectivity index (χ4n) is 2.09. The van der Waals surface area contributed by atoms with Crippen molar-refractivity contribution >= 4 is 11.6 Å². The third kappa shape index (κ3) is 3.96. The lowest BCUT2D eigenvalue weighted by Gasteiger charge is -2.23. The SMILES string of the molecule is CCN(CC)CC(C)NC(=O)c1c(N)cnn1CC. The van der Waals surface area contributed by atoms with Crippen molar-refractivity contribution in [2.24, 2.45) is 0 Å². The molecule has 1 unspecified atom stereocenters. The van der Waals surface area contributed by atoms with E-state index < -0.39 is 0 Å². The number of nitrogens with two attached hydrogens (primary N) is 1. The highest BCUT2D eigenvalue weighted by Crippen LogP contribution is 2.10. The van der Waals surface area contributed by atoms with Gasteiger partial charge in [-0.3, -0.25) is 9.48 Å². The van der Waals surface area contributed by atoms with Crippen molar-refractivity contribution in [2.45, 2.75) is 40.3 Å². The summed E-state index contributed by atoms with van der Waals surface area (Å²) in [5, 5.41) is 7.05. The van der Waals surface area contributed by atoms with E-state index >= 15 is 0 Å². The molecule has 108 valence electrons. The second-order valence-corrected chi connectivity index (χ2v) is 4.62. The molecule has 0 spiro atoms. The van der Waals surface area contributed by atoms with Gasteiger partial charge in [-0.15, -0.1) is 0 Å². The summed E-state index contributed by atoms with van der Waals surface area (Å²) in [6, 6.07) is 0.0759. The fourth-order valence-corrected chi connectivity index (χ4v) is 2.09. The van der Waals surface area contributed by atoms with Gasteiger partial charge in [0.1, 0.15) is 5.69 Å². The molecule has 0 saturated carbocycles. The van der Waals surface area contributed by atoms with E-state index in [-0.39, 0.29) is 11.9 Å². The predicted octanol–water partition coefficient (Wildman–Crippen LogP) is 0.945. The molecular formula is C13H25N5O. The molecule has 1 aromatic heterocycles. The molecule has 0 radical (unpaired) electrons. The number of nitrogens with zero attached hydrogens (tertiary/aromatic N) is 3. The van der Waals surface area contributed by atoms with E-state index in [1.807, 2.05) is 13.8 Å². The summed E-state index contributed by atoms with van der Waals surface area (Å²) >= 11 is 0. The molecule has 0 fully saturated rings. The number of amides is 1. The zero-order valence-electron chi connectivity index (χ0n) is 12.3. The number of aryl methyl sites for hydroxylation is 1. The van der Waals surface area contributed by atoms with Crippen LogP contribution in [-0.2, 0) is 6.54 Å². The van der Waals surface area contributed by atoms with Crippen LogP contribution >= 0.6 is 0 Å². The average molecular weight is 267 g/mol. The minimum Gasteiger partial charge on any atom is -0.396 e. The second kappa shape index (κ2) is 7.13. The van der Waals surface area contributed by atoms with Crippen LogP contribution in [-0.4, -0.2) is 46.3 Å². The Balaban J connectivity index is 2.66. The number of likely N-dealkylation sites (N-methyl/N-ethyl adjacent to an activating group) is 1. The fraction of sp³-hybridized carbons (Fsp3) is 0.692. The molecule has 0 aromatic carbocycles. The maximum atomic E-state index is 12.2. The van der Waals surface area contributed by atoms with Crippen LogP contribution in [0.4, 0.5) is 5.69 Å². The maximum absolute atomic E-state index is 12.2. The van der Waals surface area contributed by atoms with Gasteiger partial charge in [0.15, 0.2) is 0 Å². The van der Waals surface area contributed by atoms with Crippen molar-refractivity contribution in [3.05, 3.63) is 11.9 Å². The number of hydrogen-bond donors (Lipinski definition) is 2. The molecule has 1 heterocycles. The molecule has 6 heteroatoms. The Morgan fingerprint density at radius 1 is 1.47 bits per heavy atom. The van der Waals surface area contributed by atoms with Crippen molar-refractivity contribution in [1.82, 2.24) is 20.0 Å². The highest BCUT2D eigenvalue weighted by atomic mass is 16.2. The Kier molecular flexibility index (Phi) is 5.82. The molecule has 0 aliphatic rings. The van der Waals surface area contributed by atoms with Crippen molar-refractivity contribution in [3.8, 4) is 0 Å². The zero-order valence-corrected chi connectivity index (χ0v) is 12.3. The van der Waals surface area contributed by atoms with E-state index in [0.29, 0.717) is 17.9 Å². The Bertz CT molecular complexity index is 411. The van der Waals surface area contributed by atoms with Crippen LogP contribution in [0.2, 0.25) is 0 Å². The summed E-state index contributed by atoms with van der Waals surface area (Å²) in [4.78, 5) is 14.5. The van der Waals surface area contributed by atoms with Gasteiger partial charge in [0.25, 0.3) is 5.91 Å². The largest absolute Gasteiger partial charge is 0.396 e. The van der Waals surface area contributed by atoms with Gasteiger partial charge < -0.3 is 16.0 Å². The first-order valence-electron chi connectivity index (χ1n) is 6.87. The normalized spacial score (nSPS) is 12.7. The standard InChI is InChI=1S/C13H25N5O/c1-5-17(6-2)9-10(4)16-13(19)12-11(14)8-15-18(12)7-3/h8,10H,5-7,9,14H2,1-4H3,(H,16,19). The van der Waals surface area contributed by atoms with Gasteiger partial charge in [-0.05, 0) is 26.9 Å². The molecule has 0 aliphatic heterocycles. The summed E-state index contributed by atoms with van der Waals surface area (Å²) in [6.07, 6.45) is 1.52. The first kappa shape index (κ1) is 15.5. The van der Waals surface area contributed by atoms with Gasteiger partial charge >= 0.3 is 0 Å². The molecule has 0 saturated heterocycles. The summed E-state index contributed by atoms with van der Waals surface area (Å²) in [5.41, 5.74) is 6.67. The first-order valence-corrected chi connectivity index (χ1v) is 6.87. The van der Waals surface area contributed by atoms with Gasteiger partial charge in [0.2, 0.25) is 0 Å². The van der Waals surface area contributed by atoms with Gasteiger partial charge in [-0.1, -0.05) is 13.8 Å². The molecule has 6 nitrogen and oxygen atoms in total. The minimum absolute atomic E-state index is 0.0759. The highest BCUT2D eigenvalue weighted by molar-refractivity contribution is 5.97. The maximum Gasteiger partial charge on any atom is 0.271 e. The van der Waals surface area contributed by atoms with E-state index in [1.54, 1.807) is 4.68 Å². The van der Waals surface area contributed by atoms with E-state index in [1.165, 1.54) is 6.20 Å². The lowest BCUT2D eigenvalue weighted by molar-refractivity contribution is 0.0920. The van der Waals surface area contributed by atoms with Crippen LogP contribution in [0.3, 0.4) is 0 Å². The molecule has 1 amide bonds. The Hall–Kier alpha value is -1.56. The van der Waals surface area contributed by atoms with Crippen molar-refractivity contribution in [3.63, 3.8) is 0 Å². The van der Waals surface area contributed by atoms with Crippen LogP contribution in [0, 0.1) is 0 Å². The minimum atomic E-state index is -0.156. The molecular weight excluding hydrogens is 242 g/mol. The summed E-state index contributed by atoms with van der Waals surface area (Å²) in [6.45, 7) is 11.6. The number of rotatable bonds is 7. The number of nitrogens with one attached hydrogen (secondary N) is 1. The monoisotopic (exact) mass is 267 g/mol. The number of nitrogen functional groups attached to an aromatic ring is 1. The molecule has 1 rings (SSSR count). The average Bonchev–Trinajstić information content (AvgIpc) is 2.76. The summed E-state index contributed by atoms with van der Waals surface area (Å²) < 4.78 is 1.62. The first-order chi connectivity index (χ1) is 9.03. The van der Waals surface area contributed by atoms with Gasteiger partial charge in [0, 0.05) is 19.1 Å². The van der Waals surface area contributed by atoms with E-state index in [2.05, 4.69) is 29.2 Å². The summed E-state index contributed by atoms with van der Waals surface area (Å²) in [7, 11) is 0. The Labute approximate surface area is 114 Å². The van der Waals surface area contributed by atoms with E-state index in [9.17, 15) is 4.79 Å². The number of carbonyl (C=O) groups excluding carboxylic acids is 1. The number of hydrogen-bond acceptors (Lipinski definition) is 4. The highest BCUT2D eigenvalue weighted by Gasteiger charge is 2.18. The molecule has 1 atom stereocenters. The van der Waals surface area contributed by atoms with Crippen LogP contribution in [0.25, 0.3) is 0 Å². The van der Waals surface area contributed by atoms with Crippen LogP contribution in [0.5, 0.6) is 0 Å². The smallest absolute Gasteiger partial charge is 0.271 e. The third-order valence-corrected chi connectivity index (χ3v) is 3.19.